The average Bonchev–Trinajstić information content (AvgIpc) is 3.58. The lowest BCUT2D eigenvalue weighted by atomic mass is 9.84. The van der Waals surface area contributed by atoms with Crippen LogP contribution in [0.3, 0.4) is 0 Å². The molecule has 3 N–H and O–H groups in total. The Morgan fingerprint density at radius 1 is 1.15 bits per heavy atom. The number of likely N-dealkylation sites (tertiary alicyclic amines) is 2. The predicted octanol–water partition coefficient (Wildman–Crippen LogP) is 2.90. The molecule has 3 atom stereocenters. The predicted molar refractivity (Wildman–Crippen MR) is 151 cm³/mol. The van der Waals surface area contributed by atoms with E-state index in [1.165, 1.54) is 0 Å². The fraction of sp³-hybridized carbons (Fsp3) is 0.700. The number of fused-ring (bicyclic) bond motifs is 1. The third-order valence-corrected chi connectivity index (χ3v) is 8.51. The molecule has 0 radical (unpaired) electrons. The van der Waals surface area contributed by atoms with Crippen molar-refractivity contribution in [3.8, 4) is 11.5 Å². The Bertz CT molecular complexity index is 1060. The zero-order chi connectivity index (χ0) is 28.9. The molecule has 40 heavy (non-hydrogen) atoms. The smallest absolute Gasteiger partial charge is 0.308 e. The van der Waals surface area contributed by atoms with E-state index in [1.807, 2.05) is 32.9 Å². The number of carbonyl (C=O) groups excluding carboxylic acids is 2. The topological polar surface area (TPSA) is 126 Å². The summed E-state index contributed by atoms with van der Waals surface area (Å²) in [5.74, 6) is -0.544. The highest BCUT2D eigenvalue weighted by atomic mass is 16.7. The Morgan fingerprint density at radius 3 is 2.58 bits per heavy atom. The summed E-state index contributed by atoms with van der Waals surface area (Å²) in [5, 5.41) is 10.5. The highest BCUT2D eigenvalue weighted by molar-refractivity contribution is 5.80. The van der Waals surface area contributed by atoms with E-state index in [1.54, 1.807) is 0 Å². The van der Waals surface area contributed by atoms with Gasteiger partial charge in [-0.15, -0.1) is 0 Å². The second kappa shape index (κ2) is 13.2. The van der Waals surface area contributed by atoms with Crippen molar-refractivity contribution in [1.29, 1.82) is 0 Å². The lowest BCUT2D eigenvalue weighted by Gasteiger charge is -2.31. The molecule has 0 spiro atoms. The van der Waals surface area contributed by atoms with Crippen molar-refractivity contribution >= 4 is 17.8 Å². The first-order chi connectivity index (χ1) is 19.1. The van der Waals surface area contributed by atoms with Gasteiger partial charge >= 0.3 is 5.97 Å². The van der Waals surface area contributed by atoms with Gasteiger partial charge < -0.3 is 30.1 Å². The van der Waals surface area contributed by atoms with Crippen LogP contribution in [0.25, 0.3) is 0 Å². The van der Waals surface area contributed by atoms with E-state index in [0.717, 1.165) is 31.2 Å². The van der Waals surface area contributed by atoms with E-state index in [9.17, 15) is 19.5 Å². The van der Waals surface area contributed by atoms with Crippen molar-refractivity contribution < 1.29 is 29.0 Å². The standard InChI is InChI=1S/C30H46N4O6/c1-4-5-12-32(13-7-6-11-31)27(36)18-34-17-22(21-8-9-24-25(15-21)40-20-39-24)28(29(37)38)23(34)10-14-33-19-30(2,3)16-26(33)35/h8-9,15,22-23,28H,4-7,10-14,16-20,31H2,1-3H3,(H,37,38)/t22-,23+,28-/m1/s1. The molecule has 0 aliphatic carbocycles. The third-order valence-electron chi connectivity index (χ3n) is 8.51. The van der Waals surface area contributed by atoms with E-state index < -0.39 is 11.9 Å². The summed E-state index contributed by atoms with van der Waals surface area (Å²) in [6.07, 6.45) is 4.60. The van der Waals surface area contributed by atoms with Gasteiger partial charge in [-0.2, -0.15) is 0 Å². The van der Waals surface area contributed by atoms with Gasteiger partial charge in [0.15, 0.2) is 11.5 Å². The van der Waals surface area contributed by atoms with Crippen molar-refractivity contribution in [2.24, 2.45) is 17.1 Å². The van der Waals surface area contributed by atoms with Crippen LogP contribution in [0.5, 0.6) is 11.5 Å². The van der Waals surface area contributed by atoms with Crippen LogP contribution in [0.1, 0.15) is 70.8 Å². The Balaban J connectivity index is 1.57. The maximum atomic E-state index is 13.6. The fourth-order valence-electron chi connectivity index (χ4n) is 6.44. The molecule has 1 aromatic rings. The Kier molecular flexibility index (Phi) is 9.94. The lowest BCUT2D eigenvalue weighted by Crippen LogP contribution is -2.46. The van der Waals surface area contributed by atoms with Gasteiger partial charge in [0, 0.05) is 51.1 Å². The van der Waals surface area contributed by atoms with Crippen LogP contribution in [-0.2, 0) is 14.4 Å². The highest BCUT2D eigenvalue weighted by Crippen LogP contribution is 2.43. The van der Waals surface area contributed by atoms with Gasteiger partial charge in [0.25, 0.3) is 0 Å². The molecule has 0 saturated carbocycles. The SMILES string of the molecule is CCCCN(CCCCN)C(=O)CN1C[C@H](c2ccc3c(c2)OCO3)[C@@H](C(=O)O)[C@@H]1CCN1CC(C)(C)CC1=O. The zero-order valence-electron chi connectivity index (χ0n) is 24.3. The number of benzene rings is 1. The highest BCUT2D eigenvalue weighted by Gasteiger charge is 2.48. The quantitative estimate of drug-likeness (QED) is 0.334. The normalized spacial score (nSPS) is 23.6. The van der Waals surface area contributed by atoms with Crippen molar-refractivity contribution in [3.05, 3.63) is 23.8 Å². The Morgan fingerprint density at radius 2 is 1.90 bits per heavy atom. The molecule has 3 aliphatic heterocycles. The minimum Gasteiger partial charge on any atom is -0.481 e. The fourth-order valence-corrected chi connectivity index (χ4v) is 6.44. The van der Waals surface area contributed by atoms with Gasteiger partial charge in [0.05, 0.1) is 12.5 Å². The molecule has 2 fully saturated rings. The first-order valence-electron chi connectivity index (χ1n) is 14.8. The van der Waals surface area contributed by atoms with Gasteiger partial charge in [0.2, 0.25) is 18.6 Å². The molecule has 10 nitrogen and oxygen atoms in total. The molecule has 1 aromatic carbocycles. The summed E-state index contributed by atoms with van der Waals surface area (Å²) in [5.41, 5.74) is 6.46. The number of unbranched alkanes of at least 4 members (excludes halogenated alkanes) is 2. The molecule has 4 rings (SSSR count). The van der Waals surface area contributed by atoms with E-state index in [4.69, 9.17) is 15.2 Å². The Hall–Kier alpha value is -2.85. The maximum Gasteiger partial charge on any atom is 0.308 e. The lowest BCUT2D eigenvalue weighted by molar-refractivity contribution is -0.144. The first-order valence-corrected chi connectivity index (χ1v) is 14.8. The van der Waals surface area contributed by atoms with Crippen molar-refractivity contribution in [3.63, 3.8) is 0 Å². The summed E-state index contributed by atoms with van der Waals surface area (Å²) in [4.78, 5) is 44.9. The molecule has 3 heterocycles. The number of rotatable bonds is 14. The number of nitrogens with zero attached hydrogens (tertiary/aromatic N) is 3. The number of aliphatic carboxylic acids is 1. The van der Waals surface area contributed by atoms with Crippen LogP contribution in [0.4, 0.5) is 0 Å². The minimum atomic E-state index is -0.888. The Labute approximate surface area is 237 Å². The van der Waals surface area contributed by atoms with E-state index in [2.05, 4.69) is 20.8 Å². The molecular formula is C30H46N4O6. The largest absolute Gasteiger partial charge is 0.481 e. The second-order valence-electron chi connectivity index (χ2n) is 12.3. The van der Waals surface area contributed by atoms with E-state index >= 15 is 0 Å². The zero-order valence-corrected chi connectivity index (χ0v) is 24.3. The molecule has 0 unspecified atom stereocenters. The molecule has 0 aromatic heterocycles. The van der Waals surface area contributed by atoms with Crippen LogP contribution in [0.2, 0.25) is 0 Å². The molecule has 3 aliphatic rings. The summed E-state index contributed by atoms with van der Waals surface area (Å²) >= 11 is 0. The van der Waals surface area contributed by atoms with Crippen LogP contribution in [-0.4, -0.2) is 96.2 Å². The van der Waals surface area contributed by atoms with E-state index in [-0.39, 0.29) is 42.5 Å². The summed E-state index contributed by atoms with van der Waals surface area (Å²) < 4.78 is 11.0. The number of hydrogen-bond donors (Lipinski definition) is 2. The number of carbonyl (C=O) groups is 3. The summed E-state index contributed by atoms with van der Waals surface area (Å²) in [6.45, 7) is 10.1. The second-order valence-corrected chi connectivity index (χ2v) is 12.3. The summed E-state index contributed by atoms with van der Waals surface area (Å²) in [6, 6.07) is 5.22. The molecule has 2 amide bonds. The van der Waals surface area contributed by atoms with Gasteiger partial charge in [-0.1, -0.05) is 33.3 Å². The van der Waals surface area contributed by atoms with Crippen LogP contribution < -0.4 is 15.2 Å². The molecule has 10 heteroatoms. The maximum absolute atomic E-state index is 13.6. The average molecular weight is 559 g/mol. The number of carboxylic acid groups (broad SMARTS) is 1. The van der Waals surface area contributed by atoms with Crippen molar-refractivity contribution in [2.75, 3.05) is 52.6 Å². The molecule has 222 valence electrons. The van der Waals surface area contributed by atoms with Gasteiger partial charge in [-0.3, -0.25) is 19.3 Å². The van der Waals surface area contributed by atoms with Gasteiger partial charge in [-0.25, -0.2) is 0 Å². The van der Waals surface area contributed by atoms with Gasteiger partial charge in [0.1, 0.15) is 0 Å². The molecular weight excluding hydrogens is 512 g/mol. The summed E-state index contributed by atoms with van der Waals surface area (Å²) in [7, 11) is 0. The monoisotopic (exact) mass is 558 g/mol. The first kappa shape index (κ1) is 30.1. The van der Waals surface area contributed by atoms with Crippen LogP contribution in [0.15, 0.2) is 18.2 Å². The number of ether oxygens (including phenoxy) is 2. The minimum absolute atomic E-state index is 0.0179. The van der Waals surface area contributed by atoms with Gasteiger partial charge in [-0.05, 0) is 55.3 Å². The molecule has 0 bridgehead atoms. The number of hydrogen-bond acceptors (Lipinski definition) is 7. The van der Waals surface area contributed by atoms with Crippen molar-refractivity contribution in [2.45, 2.75) is 71.3 Å². The van der Waals surface area contributed by atoms with Crippen molar-refractivity contribution in [1.82, 2.24) is 14.7 Å². The van der Waals surface area contributed by atoms with Crippen LogP contribution >= 0.6 is 0 Å². The number of amides is 2. The van der Waals surface area contributed by atoms with Crippen LogP contribution in [0, 0.1) is 11.3 Å². The third kappa shape index (κ3) is 7.07. The molecule has 2 saturated heterocycles. The van der Waals surface area contributed by atoms with E-state index in [0.29, 0.717) is 63.6 Å². The number of nitrogens with two attached hydrogens (primary N) is 1. The number of carboxylic acids is 1.